The van der Waals surface area contributed by atoms with Gasteiger partial charge in [0.25, 0.3) is 0 Å². The van der Waals surface area contributed by atoms with Gasteiger partial charge in [-0.05, 0) is 25.7 Å². The van der Waals surface area contributed by atoms with Crippen molar-refractivity contribution in [2.75, 3.05) is 12.3 Å². The summed E-state index contributed by atoms with van der Waals surface area (Å²) in [5.74, 6) is -0.105. The SMILES string of the molecule is CCCC(C#N)(CCC)C(=O)NCC1CCCS1(=O)=O. The average molecular weight is 300 g/mol. The van der Waals surface area contributed by atoms with Gasteiger partial charge in [0.15, 0.2) is 9.84 Å². The van der Waals surface area contributed by atoms with Gasteiger partial charge in [0.05, 0.1) is 17.1 Å². The van der Waals surface area contributed by atoms with E-state index in [-0.39, 0.29) is 18.2 Å². The minimum absolute atomic E-state index is 0.137. The van der Waals surface area contributed by atoms with Crippen LogP contribution in [0.2, 0.25) is 0 Å². The molecule has 1 amide bonds. The molecule has 1 unspecified atom stereocenters. The topological polar surface area (TPSA) is 87.0 Å². The highest BCUT2D eigenvalue weighted by atomic mass is 32.2. The minimum Gasteiger partial charge on any atom is -0.353 e. The molecule has 0 aromatic rings. The van der Waals surface area contributed by atoms with E-state index in [1.165, 1.54) is 0 Å². The molecule has 5 nitrogen and oxygen atoms in total. The monoisotopic (exact) mass is 300 g/mol. The average Bonchev–Trinajstić information content (AvgIpc) is 2.74. The smallest absolute Gasteiger partial charge is 0.240 e. The fraction of sp³-hybridized carbons (Fsp3) is 0.857. The summed E-state index contributed by atoms with van der Waals surface area (Å²) in [5, 5.41) is 11.6. The molecule has 0 saturated carbocycles. The van der Waals surface area contributed by atoms with Gasteiger partial charge in [0.2, 0.25) is 5.91 Å². The van der Waals surface area contributed by atoms with E-state index in [4.69, 9.17) is 0 Å². The maximum Gasteiger partial charge on any atom is 0.240 e. The van der Waals surface area contributed by atoms with Gasteiger partial charge in [-0.25, -0.2) is 8.42 Å². The standard InChI is InChI=1S/C14H24N2O3S/c1-3-7-14(11-15,8-4-2)13(17)16-10-12-6-5-9-20(12,18)19/h12H,3-10H2,1-2H3,(H,16,17). The number of nitrogens with one attached hydrogen (secondary N) is 1. The van der Waals surface area contributed by atoms with Crippen LogP contribution in [0.5, 0.6) is 0 Å². The molecule has 0 radical (unpaired) electrons. The first-order chi connectivity index (χ1) is 9.41. The van der Waals surface area contributed by atoms with Crippen LogP contribution in [0.15, 0.2) is 0 Å². The molecule has 1 heterocycles. The van der Waals surface area contributed by atoms with Crippen LogP contribution in [-0.4, -0.2) is 31.9 Å². The Morgan fingerprint density at radius 1 is 1.35 bits per heavy atom. The summed E-state index contributed by atoms with van der Waals surface area (Å²) in [6, 6.07) is 2.15. The molecule has 0 aromatic heterocycles. The van der Waals surface area contributed by atoms with Gasteiger partial charge >= 0.3 is 0 Å². The van der Waals surface area contributed by atoms with Crippen molar-refractivity contribution in [1.82, 2.24) is 5.32 Å². The molecule has 0 bridgehead atoms. The Bertz CT molecular complexity index is 473. The molecule has 1 N–H and O–H groups in total. The third-order valence-corrected chi connectivity index (χ3v) is 6.23. The molecule has 0 aromatic carbocycles. The summed E-state index contributed by atoms with van der Waals surface area (Å²) in [6.07, 6.45) is 3.80. The normalized spacial score (nSPS) is 21.4. The van der Waals surface area contributed by atoms with Crippen LogP contribution in [0.1, 0.15) is 52.4 Å². The van der Waals surface area contributed by atoms with Crippen LogP contribution in [0.25, 0.3) is 0 Å². The fourth-order valence-corrected chi connectivity index (χ4v) is 4.60. The second kappa shape index (κ2) is 7.07. The van der Waals surface area contributed by atoms with E-state index in [9.17, 15) is 18.5 Å². The first-order valence-electron chi connectivity index (χ1n) is 7.33. The third-order valence-electron chi connectivity index (χ3n) is 3.96. The quantitative estimate of drug-likeness (QED) is 0.776. The van der Waals surface area contributed by atoms with Gasteiger partial charge in [-0.3, -0.25) is 4.79 Å². The molecule has 1 atom stereocenters. The van der Waals surface area contributed by atoms with Crippen molar-refractivity contribution in [3.05, 3.63) is 0 Å². The van der Waals surface area contributed by atoms with Crippen molar-refractivity contribution >= 4 is 15.7 Å². The lowest BCUT2D eigenvalue weighted by Crippen LogP contribution is -2.44. The zero-order valence-corrected chi connectivity index (χ0v) is 13.1. The lowest BCUT2D eigenvalue weighted by molar-refractivity contribution is -0.128. The fourth-order valence-electron chi connectivity index (χ4n) is 2.83. The summed E-state index contributed by atoms with van der Waals surface area (Å²) in [5.41, 5.74) is -1.01. The van der Waals surface area contributed by atoms with E-state index in [0.717, 1.165) is 12.8 Å². The summed E-state index contributed by atoms with van der Waals surface area (Å²) in [7, 11) is -3.06. The molecular formula is C14H24N2O3S. The molecular weight excluding hydrogens is 276 g/mol. The number of rotatable bonds is 7. The Hall–Kier alpha value is -1.09. The Morgan fingerprint density at radius 2 is 1.95 bits per heavy atom. The highest BCUT2D eigenvalue weighted by molar-refractivity contribution is 7.92. The van der Waals surface area contributed by atoms with Crippen molar-refractivity contribution in [3.63, 3.8) is 0 Å². The number of nitrogens with zero attached hydrogens (tertiary/aromatic N) is 1. The lowest BCUT2D eigenvalue weighted by atomic mass is 9.80. The van der Waals surface area contributed by atoms with Crippen molar-refractivity contribution in [1.29, 1.82) is 5.26 Å². The Labute approximate surface area is 121 Å². The van der Waals surface area contributed by atoms with E-state index in [2.05, 4.69) is 11.4 Å². The van der Waals surface area contributed by atoms with Crippen LogP contribution >= 0.6 is 0 Å². The third kappa shape index (κ3) is 3.72. The number of carbonyl (C=O) groups is 1. The molecule has 6 heteroatoms. The zero-order valence-electron chi connectivity index (χ0n) is 12.3. The Balaban J connectivity index is 2.70. The van der Waals surface area contributed by atoms with Gasteiger partial charge < -0.3 is 5.32 Å². The number of hydrogen-bond donors (Lipinski definition) is 1. The second-order valence-corrected chi connectivity index (χ2v) is 7.94. The summed E-state index contributed by atoms with van der Waals surface area (Å²) < 4.78 is 23.5. The van der Waals surface area contributed by atoms with Gasteiger partial charge in [0.1, 0.15) is 5.41 Å². The predicted molar refractivity (Wildman–Crippen MR) is 77.7 cm³/mol. The van der Waals surface area contributed by atoms with Crippen LogP contribution in [-0.2, 0) is 14.6 Å². The Morgan fingerprint density at radius 3 is 2.35 bits per heavy atom. The maximum atomic E-state index is 12.3. The van der Waals surface area contributed by atoms with E-state index < -0.39 is 20.5 Å². The highest BCUT2D eigenvalue weighted by Crippen LogP contribution is 2.29. The first kappa shape index (κ1) is 17.0. The molecule has 0 spiro atoms. The largest absolute Gasteiger partial charge is 0.353 e. The molecule has 0 aliphatic carbocycles. The van der Waals surface area contributed by atoms with Crippen LogP contribution in [0.4, 0.5) is 0 Å². The van der Waals surface area contributed by atoms with Gasteiger partial charge in [0, 0.05) is 6.54 Å². The minimum atomic E-state index is -3.06. The molecule has 1 fully saturated rings. The number of sulfone groups is 1. The van der Waals surface area contributed by atoms with Crippen LogP contribution in [0.3, 0.4) is 0 Å². The predicted octanol–water partition coefficient (Wildman–Crippen LogP) is 1.79. The first-order valence-corrected chi connectivity index (χ1v) is 9.04. The van der Waals surface area contributed by atoms with Gasteiger partial charge in [-0.15, -0.1) is 0 Å². The molecule has 1 aliphatic heterocycles. The second-order valence-electron chi connectivity index (χ2n) is 5.54. The van der Waals surface area contributed by atoms with Crippen LogP contribution in [0, 0.1) is 16.7 Å². The summed E-state index contributed by atoms with van der Waals surface area (Å²) in [6.45, 7) is 4.02. The molecule has 1 aliphatic rings. The van der Waals surface area contributed by atoms with Crippen molar-refractivity contribution in [2.45, 2.75) is 57.6 Å². The number of carbonyl (C=O) groups excluding carboxylic acids is 1. The molecule has 1 saturated heterocycles. The van der Waals surface area contributed by atoms with Crippen molar-refractivity contribution < 1.29 is 13.2 Å². The summed E-state index contributed by atoms with van der Waals surface area (Å²) in [4.78, 5) is 12.3. The summed E-state index contributed by atoms with van der Waals surface area (Å²) >= 11 is 0. The lowest BCUT2D eigenvalue weighted by Gasteiger charge is -2.25. The molecule has 20 heavy (non-hydrogen) atoms. The van der Waals surface area contributed by atoms with Gasteiger partial charge in [-0.1, -0.05) is 26.7 Å². The van der Waals surface area contributed by atoms with Crippen molar-refractivity contribution in [3.8, 4) is 6.07 Å². The van der Waals surface area contributed by atoms with E-state index >= 15 is 0 Å². The van der Waals surface area contributed by atoms with E-state index in [0.29, 0.717) is 25.7 Å². The number of hydrogen-bond acceptors (Lipinski definition) is 4. The van der Waals surface area contributed by atoms with Crippen molar-refractivity contribution in [2.24, 2.45) is 5.41 Å². The zero-order chi connectivity index (χ0) is 15.2. The molecule has 1 rings (SSSR count). The maximum absolute atomic E-state index is 12.3. The number of nitriles is 1. The van der Waals surface area contributed by atoms with Crippen LogP contribution < -0.4 is 5.32 Å². The highest BCUT2D eigenvalue weighted by Gasteiger charge is 2.38. The van der Waals surface area contributed by atoms with E-state index in [1.54, 1.807) is 0 Å². The molecule has 114 valence electrons. The van der Waals surface area contributed by atoms with Gasteiger partial charge in [-0.2, -0.15) is 5.26 Å². The van der Waals surface area contributed by atoms with E-state index in [1.807, 2.05) is 13.8 Å². The Kier molecular flexibility index (Phi) is 6.00. The number of amides is 1.